The number of benzene rings is 3. The average molecular weight is 420 g/mol. The molecule has 2 nitrogen and oxygen atoms in total. The number of ether oxygens (including phenoxy) is 1. The fourth-order valence-corrected chi connectivity index (χ4v) is 5.18. The van der Waals surface area contributed by atoms with Crippen molar-refractivity contribution in [1.29, 1.82) is 0 Å². The molecular weight excluding hydrogens is 388 g/mol. The minimum atomic E-state index is -0.396. The van der Waals surface area contributed by atoms with Crippen molar-refractivity contribution in [2.24, 2.45) is 5.41 Å². The van der Waals surface area contributed by atoms with Gasteiger partial charge >= 0.3 is 5.97 Å². The molecule has 156 valence electrons. The van der Waals surface area contributed by atoms with E-state index in [9.17, 15) is 4.79 Å². The molecule has 0 atom stereocenters. The van der Waals surface area contributed by atoms with Gasteiger partial charge in [-0.05, 0) is 75.1 Å². The number of carbonyl (C=O) groups is 1. The summed E-state index contributed by atoms with van der Waals surface area (Å²) in [5.41, 5.74) is 0.876. The maximum atomic E-state index is 12.1. The molecule has 3 aromatic rings. The summed E-state index contributed by atoms with van der Waals surface area (Å²) in [4.78, 5) is 16.0. The van der Waals surface area contributed by atoms with Crippen molar-refractivity contribution in [2.75, 3.05) is 6.61 Å². The van der Waals surface area contributed by atoms with Gasteiger partial charge in [-0.25, -0.2) is 0 Å². The topological polar surface area (TPSA) is 26.3 Å². The van der Waals surface area contributed by atoms with E-state index >= 15 is 0 Å². The fourth-order valence-electron chi connectivity index (χ4n) is 3.09. The van der Waals surface area contributed by atoms with Crippen molar-refractivity contribution >= 4 is 16.9 Å². The molecule has 0 aliphatic rings. The lowest BCUT2D eigenvalue weighted by Crippen LogP contribution is -2.26. The Kier molecular flexibility index (Phi) is 7.75. The summed E-state index contributed by atoms with van der Waals surface area (Å²) in [5.74, 6) is -0.102. The van der Waals surface area contributed by atoms with Crippen LogP contribution in [0.4, 0.5) is 0 Å². The van der Waals surface area contributed by atoms with Crippen LogP contribution in [0.2, 0.25) is 0 Å². The molecule has 0 saturated heterocycles. The van der Waals surface area contributed by atoms with Gasteiger partial charge in [0.05, 0.1) is 22.9 Å². The van der Waals surface area contributed by atoms with Crippen LogP contribution in [0.3, 0.4) is 0 Å². The first-order valence-electron chi connectivity index (χ1n) is 10.6. The van der Waals surface area contributed by atoms with Crippen LogP contribution in [0.5, 0.6) is 0 Å². The quantitative estimate of drug-likeness (QED) is 0.219. The molecule has 3 heteroatoms. The van der Waals surface area contributed by atoms with Gasteiger partial charge in [-0.1, -0.05) is 55.5 Å². The number of carbonyl (C=O) groups excluding carboxylic acids is 1. The maximum Gasteiger partial charge on any atom is 0.311 e. The summed E-state index contributed by atoms with van der Waals surface area (Å²) in [6.45, 7) is 6.36. The Bertz CT molecular complexity index is 879. The minimum Gasteiger partial charge on any atom is -0.465 e. The highest BCUT2D eigenvalue weighted by Gasteiger charge is 2.28. The summed E-state index contributed by atoms with van der Waals surface area (Å²) in [6, 6.07) is 30.3. The number of aryl methyl sites for hydroxylation is 1. The molecule has 0 amide bonds. The van der Waals surface area contributed by atoms with E-state index in [4.69, 9.17) is 4.74 Å². The van der Waals surface area contributed by atoms with Crippen LogP contribution in [0.1, 0.15) is 39.2 Å². The predicted molar refractivity (Wildman–Crippen MR) is 125 cm³/mol. The van der Waals surface area contributed by atoms with Gasteiger partial charge in [-0.2, -0.15) is 0 Å². The van der Waals surface area contributed by atoms with Crippen LogP contribution < -0.4 is 0 Å². The van der Waals surface area contributed by atoms with Crippen LogP contribution in [0, 0.1) is 5.41 Å². The van der Waals surface area contributed by atoms with E-state index in [2.05, 4.69) is 84.9 Å². The summed E-state index contributed by atoms with van der Waals surface area (Å²) in [6.07, 6.45) is 2.54. The molecule has 3 rings (SSSR count). The van der Waals surface area contributed by atoms with Gasteiger partial charge < -0.3 is 4.74 Å². The summed E-state index contributed by atoms with van der Waals surface area (Å²) >= 11 is 0. The first-order valence-corrected chi connectivity index (χ1v) is 11.8. The van der Waals surface area contributed by atoms with Gasteiger partial charge in [-0.15, -0.1) is 0 Å². The van der Waals surface area contributed by atoms with Crippen molar-refractivity contribution in [3.05, 3.63) is 90.5 Å². The van der Waals surface area contributed by atoms with E-state index in [0.29, 0.717) is 6.61 Å². The van der Waals surface area contributed by atoms with Crippen LogP contribution in [0.25, 0.3) is 0 Å². The van der Waals surface area contributed by atoms with Crippen molar-refractivity contribution < 1.29 is 9.53 Å². The fraction of sp³-hybridized carbons (Fsp3) is 0.296. The van der Waals surface area contributed by atoms with Crippen molar-refractivity contribution in [3.8, 4) is 0 Å². The van der Waals surface area contributed by atoms with Gasteiger partial charge in [0.1, 0.15) is 0 Å². The first kappa shape index (κ1) is 22.2. The van der Waals surface area contributed by atoms with E-state index in [1.807, 2.05) is 20.8 Å². The molecule has 0 fully saturated rings. The van der Waals surface area contributed by atoms with E-state index in [1.54, 1.807) is 0 Å². The standard InChI is InChI=1S/C27H31O2S/c1-4-27(2,3)26(28)29-21-11-12-22-17-19-25(20-18-22)30(23-13-7-5-8-14-23)24-15-9-6-10-16-24/h5-10,13-20H,4,11-12,21H2,1-3H3/q+1. The smallest absolute Gasteiger partial charge is 0.311 e. The molecule has 0 aliphatic carbocycles. The minimum absolute atomic E-state index is 0.102. The van der Waals surface area contributed by atoms with Crippen molar-refractivity contribution in [2.45, 2.75) is 54.7 Å². The molecule has 0 heterocycles. The molecule has 30 heavy (non-hydrogen) atoms. The molecule has 0 aromatic heterocycles. The molecule has 0 bridgehead atoms. The van der Waals surface area contributed by atoms with Crippen molar-refractivity contribution in [3.63, 3.8) is 0 Å². The predicted octanol–water partition coefficient (Wildman–Crippen LogP) is 6.69. The lowest BCUT2D eigenvalue weighted by Gasteiger charge is -2.20. The lowest BCUT2D eigenvalue weighted by atomic mass is 9.91. The number of esters is 1. The zero-order valence-corrected chi connectivity index (χ0v) is 19.0. The molecule has 0 saturated carbocycles. The Morgan fingerprint density at radius 2 is 1.30 bits per heavy atom. The van der Waals surface area contributed by atoms with Gasteiger partial charge in [0.25, 0.3) is 0 Å². The van der Waals surface area contributed by atoms with E-state index in [1.165, 1.54) is 20.2 Å². The third kappa shape index (κ3) is 5.76. The van der Waals surface area contributed by atoms with Crippen LogP contribution in [0.15, 0.2) is 99.6 Å². The molecular formula is C27H31O2S+. The third-order valence-electron chi connectivity index (χ3n) is 5.40. The zero-order valence-electron chi connectivity index (χ0n) is 18.1. The highest BCUT2D eigenvalue weighted by Crippen LogP contribution is 2.31. The molecule has 0 spiro atoms. The highest BCUT2D eigenvalue weighted by atomic mass is 32.2. The van der Waals surface area contributed by atoms with Crippen LogP contribution in [-0.4, -0.2) is 12.6 Å². The average Bonchev–Trinajstić information content (AvgIpc) is 2.79. The lowest BCUT2D eigenvalue weighted by molar-refractivity contribution is -0.154. The van der Waals surface area contributed by atoms with Gasteiger partial charge in [0.2, 0.25) is 0 Å². The maximum absolute atomic E-state index is 12.1. The Morgan fingerprint density at radius 1 is 0.800 bits per heavy atom. The SMILES string of the molecule is CCC(C)(C)C(=O)OCCCc1ccc([S+](c2ccccc2)c2ccccc2)cc1. The van der Waals surface area contributed by atoms with E-state index in [-0.39, 0.29) is 16.9 Å². The van der Waals surface area contributed by atoms with E-state index < -0.39 is 5.41 Å². The summed E-state index contributed by atoms with van der Waals surface area (Å²) < 4.78 is 5.46. The van der Waals surface area contributed by atoms with Gasteiger partial charge in [0.15, 0.2) is 14.7 Å². The zero-order chi connectivity index (χ0) is 21.4. The second-order valence-electron chi connectivity index (χ2n) is 8.05. The van der Waals surface area contributed by atoms with Crippen LogP contribution >= 0.6 is 0 Å². The van der Waals surface area contributed by atoms with Gasteiger partial charge in [0, 0.05) is 0 Å². The Hall–Kier alpha value is -2.52. The highest BCUT2D eigenvalue weighted by molar-refractivity contribution is 7.97. The van der Waals surface area contributed by atoms with Gasteiger partial charge in [-0.3, -0.25) is 4.79 Å². The number of hydrogen-bond acceptors (Lipinski definition) is 2. The Balaban J connectivity index is 1.65. The Morgan fingerprint density at radius 3 is 1.80 bits per heavy atom. The molecule has 0 radical (unpaired) electrons. The summed E-state index contributed by atoms with van der Waals surface area (Å²) in [5, 5.41) is 0. The Labute approximate surface area is 183 Å². The van der Waals surface area contributed by atoms with Crippen molar-refractivity contribution in [1.82, 2.24) is 0 Å². The largest absolute Gasteiger partial charge is 0.465 e. The number of hydrogen-bond donors (Lipinski definition) is 0. The second-order valence-corrected chi connectivity index (χ2v) is 10.1. The van der Waals surface area contributed by atoms with Crippen LogP contribution in [-0.2, 0) is 26.8 Å². The first-order chi connectivity index (χ1) is 14.5. The normalized spacial score (nSPS) is 11.5. The second kappa shape index (κ2) is 10.5. The molecule has 0 unspecified atom stereocenters. The molecule has 3 aromatic carbocycles. The molecule has 0 N–H and O–H groups in total. The molecule has 0 aliphatic heterocycles. The third-order valence-corrected chi connectivity index (χ3v) is 7.63. The monoisotopic (exact) mass is 419 g/mol. The van der Waals surface area contributed by atoms with E-state index in [0.717, 1.165) is 19.3 Å². The summed E-state index contributed by atoms with van der Waals surface area (Å²) in [7, 11) is -0.117. The number of rotatable bonds is 9.